The van der Waals surface area contributed by atoms with Crippen LogP contribution in [0.2, 0.25) is 0 Å². The molecule has 0 aliphatic carbocycles. The van der Waals surface area contributed by atoms with Gasteiger partial charge in [0.2, 0.25) is 0 Å². The molecule has 2 aromatic carbocycles. The summed E-state index contributed by atoms with van der Waals surface area (Å²) in [4.78, 5) is 0. The highest BCUT2D eigenvalue weighted by Gasteiger charge is 2.06. The van der Waals surface area contributed by atoms with Crippen molar-refractivity contribution in [2.75, 3.05) is 13.2 Å². The molecular weight excluding hydrogens is 274 g/mol. The van der Waals surface area contributed by atoms with E-state index in [0.29, 0.717) is 13.2 Å². The van der Waals surface area contributed by atoms with Gasteiger partial charge in [-0.1, -0.05) is 35.9 Å². The topological polar surface area (TPSA) is 30.5 Å². The van der Waals surface area contributed by atoms with Gasteiger partial charge in [-0.25, -0.2) is 0 Å². The zero-order chi connectivity index (χ0) is 15.8. The highest BCUT2D eigenvalue weighted by Crippen LogP contribution is 2.25. The Morgan fingerprint density at radius 1 is 0.864 bits per heavy atom. The van der Waals surface area contributed by atoms with Crippen LogP contribution >= 0.6 is 0 Å². The Hall–Kier alpha value is -2.00. The van der Waals surface area contributed by atoms with Gasteiger partial charge in [0.1, 0.15) is 11.5 Å². The van der Waals surface area contributed by atoms with Crippen LogP contribution in [0.25, 0.3) is 0 Å². The van der Waals surface area contributed by atoms with Gasteiger partial charge in [-0.15, -0.1) is 0 Å². The van der Waals surface area contributed by atoms with E-state index < -0.39 is 0 Å². The number of aryl methyl sites for hydroxylation is 1. The van der Waals surface area contributed by atoms with Gasteiger partial charge in [-0.05, 0) is 32.4 Å². The summed E-state index contributed by atoms with van der Waals surface area (Å²) in [5, 5.41) is 3.47. The van der Waals surface area contributed by atoms with E-state index in [-0.39, 0.29) is 0 Å². The first-order chi connectivity index (χ1) is 10.7. The summed E-state index contributed by atoms with van der Waals surface area (Å²) in [5.41, 5.74) is 3.72. The van der Waals surface area contributed by atoms with Crippen molar-refractivity contribution in [1.82, 2.24) is 5.32 Å². The van der Waals surface area contributed by atoms with Crippen LogP contribution in [0.4, 0.5) is 0 Å². The predicted molar refractivity (Wildman–Crippen MR) is 90.5 cm³/mol. The fourth-order valence-corrected chi connectivity index (χ4v) is 2.27. The molecule has 0 radical (unpaired) electrons. The van der Waals surface area contributed by atoms with Crippen LogP contribution in [0.5, 0.6) is 11.5 Å². The average molecular weight is 299 g/mol. The van der Waals surface area contributed by atoms with E-state index in [1.807, 2.05) is 26.0 Å². The van der Waals surface area contributed by atoms with Crippen molar-refractivity contribution in [2.45, 2.75) is 33.9 Å². The largest absolute Gasteiger partial charge is 0.494 e. The third-order valence-corrected chi connectivity index (χ3v) is 3.41. The minimum Gasteiger partial charge on any atom is -0.494 e. The molecule has 0 unspecified atom stereocenters. The molecule has 118 valence electrons. The maximum absolute atomic E-state index is 5.72. The van der Waals surface area contributed by atoms with Gasteiger partial charge in [0.15, 0.2) is 0 Å². The van der Waals surface area contributed by atoms with Crippen LogP contribution in [-0.2, 0) is 13.1 Å². The predicted octanol–water partition coefficient (Wildman–Crippen LogP) is 4.08. The van der Waals surface area contributed by atoms with Crippen LogP contribution in [0.3, 0.4) is 0 Å². The molecule has 2 rings (SSSR count). The fourth-order valence-electron chi connectivity index (χ4n) is 2.27. The van der Waals surface area contributed by atoms with Crippen LogP contribution in [-0.4, -0.2) is 13.2 Å². The molecule has 0 amide bonds. The molecule has 2 aromatic rings. The lowest BCUT2D eigenvalue weighted by Crippen LogP contribution is -2.13. The zero-order valence-corrected chi connectivity index (χ0v) is 13.7. The Morgan fingerprint density at radius 2 is 1.59 bits per heavy atom. The van der Waals surface area contributed by atoms with Gasteiger partial charge >= 0.3 is 0 Å². The second kappa shape index (κ2) is 8.44. The van der Waals surface area contributed by atoms with Gasteiger partial charge in [-0.2, -0.15) is 0 Å². The molecule has 0 aliphatic heterocycles. The first kappa shape index (κ1) is 16.4. The van der Waals surface area contributed by atoms with Crippen LogP contribution < -0.4 is 14.8 Å². The number of benzene rings is 2. The number of nitrogens with one attached hydrogen (secondary N) is 1. The minimum atomic E-state index is 0.653. The Labute approximate surface area is 133 Å². The summed E-state index contributed by atoms with van der Waals surface area (Å²) < 4.78 is 11.3. The SMILES string of the molecule is CCOc1ccc(CNCc2ccc(C)cc2)c(OCC)c1. The van der Waals surface area contributed by atoms with E-state index >= 15 is 0 Å². The van der Waals surface area contributed by atoms with Gasteiger partial charge in [-0.3, -0.25) is 0 Å². The molecule has 1 N–H and O–H groups in total. The van der Waals surface area contributed by atoms with Crippen molar-refractivity contribution in [1.29, 1.82) is 0 Å². The van der Waals surface area contributed by atoms with Crippen molar-refractivity contribution in [3.63, 3.8) is 0 Å². The summed E-state index contributed by atoms with van der Waals surface area (Å²) in [6, 6.07) is 14.6. The van der Waals surface area contributed by atoms with Crippen molar-refractivity contribution in [3.05, 3.63) is 59.2 Å². The lowest BCUT2D eigenvalue weighted by Gasteiger charge is -2.13. The summed E-state index contributed by atoms with van der Waals surface area (Å²) in [6.07, 6.45) is 0. The number of ether oxygens (including phenoxy) is 2. The normalized spacial score (nSPS) is 10.5. The van der Waals surface area contributed by atoms with Crippen molar-refractivity contribution in [3.8, 4) is 11.5 Å². The van der Waals surface area contributed by atoms with Crippen LogP contribution in [0.1, 0.15) is 30.5 Å². The summed E-state index contributed by atoms with van der Waals surface area (Å²) >= 11 is 0. The highest BCUT2D eigenvalue weighted by atomic mass is 16.5. The second-order valence-corrected chi connectivity index (χ2v) is 5.22. The van der Waals surface area contributed by atoms with E-state index in [2.05, 4.69) is 42.6 Å². The van der Waals surface area contributed by atoms with Crippen molar-refractivity contribution in [2.24, 2.45) is 0 Å². The Morgan fingerprint density at radius 3 is 2.27 bits per heavy atom. The van der Waals surface area contributed by atoms with Gasteiger partial charge in [0, 0.05) is 24.7 Å². The number of hydrogen-bond donors (Lipinski definition) is 1. The lowest BCUT2D eigenvalue weighted by atomic mass is 10.1. The molecule has 0 bridgehead atoms. The molecule has 3 heteroatoms. The van der Waals surface area contributed by atoms with Crippen LogP contribution in [0, 0.1) is 6.92 Å². The fraction of sp³-hybridized carbons (Fsp3) is 0.368. The summed E-state index contributed by atoms with van der Waals surface area (Å²) in [6.45, 7) is 9.02. The van der Waals surface area contributed by atoms with Gasteiger partial charge < -0.3 is 14.8 Å². The molecule has 0 aromatic heterocycles. The molecule has 22 heavy (non-hydrogen) atoms. The summed E-state index contributed by atoms with van der Waals surface area (Å²) in [5.74, 6) is 1.75. The molecule has 0 spiro atoms. The van der Waals surface area contributed by atoms with Gasteiger partial charge in [0.25, 0.3) is 0 Å². The Kier molecular flexibility index (Phi) is 6.28. The maximum Gasteiger partial charge on any atom is 0.127 e. The molecular formula is C19H25NO2. The maximum atomic E-state index is 5.72. The second-order valence-electron chi connectivity index (χ2n) is 5.22. The molecule has 0 heterocycles. The molecule has 3 nitrogen and oxygen atoms in total. The quantitative estimate of drug-likeness (QED) is 0.796. The smallest absolute Gasteiger partial charge is 0.127 e. The summed E-state index contributed by atoms with van der Waals surface area (Å²) in [7, 11) is 0. The standard InChI is InChI=1S/C19H25NO2/c1-4-21-18-11-10-17(19(12-18)22-5-2)14-20-13-16-8-6-15(3)7-9-16/h6-12,20H,4-5,13-14H2,1-3H3. The molecule has 0 saturated heterocycles. The minimum absolute atomic E-state index is 0.653. The first-order valence-corrected chi connectivity index (χ1v) is 7.87. The monoisotopic (exact) mass is 299 g/mol. The van der Waals surface area contributed by atoms with E-state index in [4.69, 9.17) is 9.47 Å². The van der Waals surface area contributed by atoms with E-state index in [1.165, 1.54) is 11.1 Å². The molecule has 0 atom stereocenters. The van der Waals surface area contributed by atoms with Gasteiger partial charge in [0.05, 0.1) is 13.2 Å². The third-order valence-electron chi connectivity index (χ3n) is 3.41. The zero-order valence-electron chi connectivity index (χ0n) is 13.7. The number of rotatable bonds is 8. The number of hydrogen-bond acceptors (Lipinski definition) is 3. The lowest BCUT2D eigenvalue weighted by molar-refractivity contribution is 0.320. The van der Waals surface area contributed by atoms with E-state index in [9.17, 15) is 0 Å². The molecule has 0 saturated carbocycles. The molecule has 0 aliphatic rings. The Bertz CT molecular complexity index is 578. The van der Waals surface area contributed by atoms with Crippen molar-refractivity contribution >= 4 is 0 Å². The van der Waals surface area contributed by atoms with Crippen molar-refractivity contribution < 1.29 is 9.47 Å². The molecule has 0 fully saturated rings. The van der Waals surface area contributed by atoms with E-state index in [1.54, 1.807) is 0 Å². The third kappa shape index (κ3) is 4.78. The highest BCUT2D eigenvalue weighted by molar-refractivity contribution is 5.40. The van der Waals surface area contributed by atoms with Crippen LogP contribution in [0.15, 0.2) is 42.5 Å². The average Bonchev–Trinajstić information content (AvgIpc) is 2.52. The Balaban J connectivity index is 1.97. The first-order valence-electron chi connectivity index (χ1n) is 7.87. The van der Waals surface area contributed by atoms with E-state index in [0.717, 1.165) is 30.2 Å².